The van der Waals surface area contributed by atoms with E-state index in [2.05, 4.69) is 5.32 Å². The summed E-state index contributed by atoms with van der Waals surface area (Å²) in [5, 5.41) is 11.6. The first kappa shape index (κ1) is 16.2. The quantitative estimate of drug-likeness (QED) is 0.805. The predicted molar refractivity (Wildman–Crippen MR) is 78.4 cm³/mol. The maximum absolute atomic E-state index is 12.4. The van der Waals surface area contributed by atoms with Crippen LogP contribution in [0.2, 0.25) is 0 Å². The number of aliphatic carboxylic acids is 1. The molecule has 0 spiro atoms. The van der Waals surface area contributed by atoms with Gasteiger partial charge in [0, 0.05) is 6.54 Å². The van der Waals surface area contributed by atoms with Gasteiger partial charge in [-0.2, -0.15) is 0 Å². The highest BCUT2D eigenvalue weighted by atomic mass is 16.4. The Morgan fingerprint density at radius 3 is 2.30 bits per heavy atom. The molecule has 0 aliphatic carbocycles. The fourth-order valence-corrected chi connectivity index (χ4v) is 2.09. The van der Waals surface area contributed by atoms with E-state index >= 15 is 0 Å². The Hall–Kier alpha value is -1.84. The van der Waals surface area contributed by atoms with Gasteiger partial charge in [-0.05, 0) is 11.5 Å². The zero-order valence-electron chi connectivity index (χ0n) is 12.3. The molecule has 0 bridgehead atoms. The summed E-state index contributed by atoms with van der Waals surface area (Å²) in [5.74, 6) is -1.60. The smallest absolute Gasteiger partial charge is 0.308 e. The molecule has 110 valence electrons. The molecule has 20 heavy (non-hydrogen) atoms. The molecule has 3 atom stereocenters. The molecule has 0 saturated carbocycles. The first-order valence-electron chi connectivity index (χ1n) is 7.02. The van der Waals surface area contributed by atoms with Crippen LogP contribution in [-0.4, -0.2) is 23.5 Å². The molecule has 0 fully saturated rings. The number of rotatable bonds is 7. The molecular formula is C16H23NO3. The molecule has 1 aromatic carbocycles. The second kappa shape index (κ2) is 7.68. The van der Waals surface area contributed by atoms with E-state index in [1.54, 1.807) is 6.92 Å². The van der Waals surface area contributed by atoms with Crippen LogP contribution in [0.15, 0.2) is 30.3 Å². The van der Waals surface area contributed by atoms with Crippen LogP contribution < -0.4 is 5.32 Å². The van der Waals surface area contributed by atoms with Crippen LogP contribution in [-0.2, 0) is 9.59 Å². The van der Waals surface area contributed by atoms with E-state index in [0.29, 0.717) is 0 Å². The van der Waals surface area contributed by atoms with E-state index in [4.69, 9.17) is 5.11 Å². The van der Waals surface area contributed by atoms with Gasteiger partial charge in [0.15, 0.2) is 0 Å². The Kier molecular flexibility index (Phi) is 6.22. The highest BCUT2D eigenvalue weighted by Gasteiger charge is 2.26. The molecular weight excluding hydrogens is 254 g/mol. The Morgan fingerprint density at radius 1 is 1.20 bits per heavy atom. The summed E-state index contributed by atoms with van der Waals surface area (Å²) in [6.45, 7) is 5.84. The van der Waals surface area contributed by atoms with Crippen molar-refractivity contribution in [2.45, 2.75) is 33.1 Å². The summed E-state index contributed by atoms with van der Waals surface area (Å²) >= 11 is 0. The van der Waals surface area contributed by atoms with Crippen molar-refractivity contribution in [2.24, 2.45) is 11.8 Å². The molecule has 0 heterocycles. The van der Waals surface area contributed by atoms with Crippen molar-refractivity contribution in [3.63, 3.8) is 0 Å². The van der Waals surface area contributed by atoms with Gasteiger partial charge in [0.05, 0.1) is 11.8 Å². The number of benzene rings is 1. The molecule has 1 aromatic rings. The predicted octanol–water partition coefficient (Wildman–Crippen LogP) is 2.65. The van der Waals surface area contributed by atoms with Gasteiger partial charge in [-0.15, -0.1) is 0 Å². The zero-order valence-corrected chi connectivity index (χ0v) is 12.3. The SMILES string of the molecule is CCC(C)C(C(=O)NCC(C)C(=O)O)c1ccccc1. The van der Waals surface area contributed by atoms with Crippen molar-refractivity contribution >= 4 is 11.9 Å². The summed E-state index contributed by atoms with van der Waals surface area (Å²) in [4.78, 5) is 23.2. The van der Waals surface area contributed by atoms with Gasteiger partial charge in [-0.25, -0.2) is 0 Å². The minimum atomic E-state index is -0.898. The summed E-state index contributed by atoms with van der Waals surface area (Å²) in [6.07, 6.45) is 0.890. The van der Waals surface area contributed by atoms with Crippen LogP contribution in [0, 0.1) is 11.8 Å². The zero-order chi connectivity index (χ0) is 15.1. The number of amides is 1. The van der Waals surface area contributed by atoms with Crippen molar-refractivity contribution in [2.75, 3.05) is 6.54 Å². The molecule has 1 rings (SSSR count). The molecule has 0 saturated heterocycles. The summed E-state index contributed by atoms with van der Waals surface area (Å²) in [5.41, 5.74) is 0.974. The van der Waals surface area contributed by atoms with Crippen molar-refractivity contribution in [1.29, 1.82) is 0 Å². The van der Waals surface area contributed by atoms with Crippen molar-refractivity contribution < 1.29 is 14.7 Å². The number of carbonyl (C=O) groups excluding carboxylic acids is 1. The average molecular weight is 277 g/mol. The topological polar surface area (TPSA) is 66.4 Å². The van der Waals surface area contributed by atoms with Crippen LogP contribution in [0.1, 0.15) is 38.7 Å². The Balaban J connectivity index is 2.79. The monoisotopic (exact) mass is 277 g/mol. The number of hydrogen-bond donors (Lipinski definition) is 2. The van der Waals surface area contributed by atoms with E-state index in [-0.39, 0.29) is 24.3 Å². The Labute approximate surface area is 120 Å². The third-order valence-corrected chi connectivity index (χ3v) is 3.66. The molecule has 3 unspecified atom stereocenters. The van der Waals surface area contributed by atoms with E-state index in [9.17, 15) is 9.59 Å². The second-order valence-electron chi connectivity index (χ2n) is 5.26. The number of hydrogen-bond acceptors (Lipinski definition) is 2. The summed E-state index contributed by atoms with van der Waals surface area (Å²) < 4.78 is 0. The van der Waals surface area contributed by atoms with Crippen LogP contribution in [0.3, 0.4) is 0 Å². The van der Waals surface area contributed by atoms with E-state index in [1.807, 2.05) is 44.2 Å². The van der Waals surface area contributed by atoms with Crippen LogP contribution in [0.5, 0.6) is 0 Å². The highest BCUT2D eigenvalue weighted by molar-refractivity contribution is 5.84. The van der Waals surface area contributed by atoms with Gasteiger partial charge >= 0.3 is 5.97 Å². The average Bonchev–Trinajstić information content (AvgIpc) is 2.45. The normalized spacial score (nSPS) is 15.2. The maximum Gasteiger partial charge on any atom is 0.308 e. The van der Waals surface area contributed by atoms with Gasteiger partial charge in [0.2, 0.25) is 5.91 Å². The summed E-state index contributed by atoms with van der Waals surface area (Å²) in [7, 11) is 0. The fraction of sp³-hybridized carbons (Fsp3) is 0.500. The van der Waals surface area contributed by atoms with Gasteiger partial charge in [0.25, 0.3) is 0 Å². The molecule has 0 aromatic heterocycles. The first-order valence-corrected chi connectivity index (χ1v) is 7.02. The minimum Gasteiger partial charge on any atom is -0.481 e. The van der Waals surface area contributed by atoms with Crippen molar-refractivity contribution in [1.82, 2.24) is 5.32 Å². The molecule has 4 nitrogen and oxygen atoms in total. The lowest BCUT2D eigenvalue weighted by Gasteiger charge is -2.23. The lowest BCUT2D eigenvalue weighted by Crippen LogP contribution is -2.37. The molecule has 1 amide bonds. The second-order valence-corrected chi connectivity index (χ2v) is 5.26. The molecule has 4 heteroatoms. The van der Waals surface area contributed by atoms with Crippen LogP contribution in [0.4, 0.5) is 0 Å². The third kappa shape index (κ3) is 4.37. The molecule has 2 N–H and O–H groups in total. The van der Waals surface area contributed by atoms with E-state index < -0.39 is 11.9 Å². The highest BCUT2D eigenvalue weighted by Crippen LogP contribution is 2.27. The fourth-order valence-electron chi connectivity index (χ4n) is 2.09. The minimum absolute atomic E-state index is 0.0985. The van der Waals surface area contributed by atoms with Gasteiger partial charge in [-0.1, -0.05) is 57.5 Å². The third-order valence-electron chi connectivity index (χ3n) is 3.66. The van der Waals surface area contributed by atoms with Gasteiger partial charge < -0.3 is 10.4 Å². The molecule has 0 radical (unpaired) electrons. The summed E-state index contributed by atoms with van der Waals surface area (Å²) in [6, 6.07) is 9.63. The maximum atomic E-state index is 12.4. The largest absolute Gasteiger partial charge is 0.481 e. The van der Waals surface area contributed by atoms with Crippen molar-refractivity contribution in [3.05, 3.63) is 35.9 Å². The van der Waals surface area contributed by atoms with E-state index in [1.165, 1.54) is 0 Å². The first-order chi connectivity index (χ1) is 9.47. The van der Waals surface area contributed by atoms with Gasteiger partial charge in [-0.3, -0.25) is 9.59 Å². The Morgan fingerprint density at radius 2 is 1.80 bits per heavy atom. The molecule has 0 aliphatic heterocycles. The van der Waals surface area contributed by atoms with Crippen LogP contribution >= 0.6 is 0 Å². The number of carbonyl (C=O) groups is 2. The van der Waals surface area contributed by atoms with Crippen LogP contribution in [0.25, 0.3) is 0 Å². The van der Waals surface area contributed by atoms with Crippen molar-refractivity contribution in [3.8, 4) is 0 Å². The Bertz CT molecular complexity index is 444. The number of carboxylic acids is 1. The standard InChI is InChI=1S/C16H23NO3/c1-4-11(2)14(13-8-6-5-7-9-13)15(18)17-10-12(3)16(19)20/h5-9,11-12,14H,4,10H2,1-3H3,(H,17,18)(H,19,20). The lowest BCUT2D eigenvalue weighted by molar-refractivity contribution is -0.141. The number of carboxylic acid groups (broad SMARTS) is 1. The number of nitrogens with one attached hydrogen (secondary N) is 1. The lowest BCUT2D eigenvalue weighted by atomic mass is 9.85. The molecule has 0 aliphatic rings. The van der Waals surface area contributed by atoms with Gasteiger partial charge in [0.1, 0.15) is 0 Å². The van der Waals surface area contributed by atoms with E-state index in [0.717, 1.165) is 12.0 Å².